The Labute approximate surface area is 127 Å². The van der Waals surface area contributed by atoms with Gasteiger partial charge in [0.1, 0.15) is 6.07 Å². The van der Waals surface area contributed by atoms with Gasteiger partial charge < -0.3 is 5.32 Å². The van der Waals surface area contributed by atoms with E-state index in [2.05, 4.69) is 25.2 Å². The monoisotopic (exact) mass is 288 g/mol. The van der Waals surface area contributed by atoms with Crippen LogP contribution in [0.25, 0.3) is 0 Å². The van der Waals surface area contributed by atoms with Gasteiger partial charge in [-0.05, 0) is 42.6 Å². The fraction of sp³-hybridized carbons (Fsp3) is 0.588. The molecule has 3 heteroatoms. The maximum atomic E-state index is 9.40. The Morgan fingerprint density at radius 3 is 2.95 bits per heavy atom. The summed E-state index contributed by atoms with van der Waals surface area (Å²) in [7, 11) is 0. The summed E-state index contributed by atoms with van der Waals surface area (Å²) in [6.45, 7) is 5.47. The Kier molecular flexibility index (Phi) is 5.79. The maximum Gasteiger partial charge on any atom is 0.102 e. The van der Waals surface area contributed by atoms with E-state index in [1.54, 1.807) is 11.8 Å². The molecule has 1 aliphatic carbocycles. The van der Waals surface area contributed by atoms with Crippen molar-refractivity contribution in [2.45, 2.75) is 44.4 Å². The number of nitriles is 1. The molecule has 1 N–H and O–H groups in total. The minimum absolute atomic E-state index is 0.757. The van der Waals surface area contributed by atoms with E-state index in [1.165, 1.54) is 25.7 Å². The number of nitrogens with one attached hydrogen (secondary N) is 1. The first kappa shape index (κ1) is 15.3. The molecule has 0 aliphatic heterocycles. The van der Waals surface area contributed by atoms with Gasteiger partial charge in [0.2, 0.25) is 0 Å². The zero-order chi connectivity index (χ0) is 14.4. The van der Waals surface area contributed by atoms with Gasteiger partial charge >= 0.3 is 0 Å². The van der Waals surface area contributed by atoms with Crippen molar-refractivity contribution in [3.63, 3.8) is 0 Å². The fourth-order valence-corrected chi connectivity index (χ4v) is 3.85. The second-order valence-corrected chi connectivity index (χ2v) is 7.05. The van der Waals surface area contributed by atoms with Crippen LogP contribution >= 0.6 is 11.8 Å². The summed E-state index contributed by atoms with van der Waals surface area (Å²) in [6.07, 6.45) is 5.37. The van der Waals surface area contributed by atoms with E-state index < -0.39 is 0 Å². The summed E-state index contributed by atoms with van der Waals surface area (Å²) >= 11 is 1.74. The average Bonchev–Trinajstić information content (AvgIpc) is 2.45. The van der Waals surface area contributed by atoms with Crippen LogP contribution in [0.3, 0.4) is 0 Å². The van der Waals surface area contributed by atoms with E-state index in [0.717, 1.165) is 40.3 Å². The molecule has 2 rings (SSSR count). The lowest BCUT2D eigenvalue weighted by atomic mass is 9.82. The molecule has 1 aromatic rings. The van der Waals surface area contributed by atoms with Gasteiger partial charge in [-0.2, -0.15) is 5.26 Å². The smallest absolute Gasteiger partial charge is 0.102 e. The van der Waals surface area contributed by atoms with Crippen molar-refractivity contribution in [3.8, 4) is 6.07 Å². The summed E-state index contributed by atoms with van der Waals surface area (Å²) in [6, 6.07) is 8.48. The Morgan fingerprint density at radius 2 is 2.25 bits per heavy atom. The first-order valence-electron chi connectivity index (χ1n) is 7.64. The van der Waals surface area contributed by atoms with Crippen molar-refractivity contribution in [3.05, 3.63) is 23.8 Å². The molecule has 0 radical (unpaired) electrons. The molecule has 1 aromatic carbocycles. The highest BCUT2D eigenvalue weighted by atomic mass is 32.2. The third kappa shape index (κ3) is 3.93. The van der Waals surface area contributed by atoms with E-state index in [-0.39, 0.29) is 0 Å². The van der Waals surface area contributed by atoms with Gasteiger partial charge in [0.05, 0.1) is 11.3 Å². The van der Waals surface area contributed by atoms with Gasteiger partial charge in [-0.15, -0.1) is 11.8 Å². The molecule has 2 nitrogen and oxygen atoms in total. The minimum Gasteiger partial charge on any atom is -0.384 e. The van der Waals surface area contributed by atoms with Crippen LogP contribution in [0.4, 0.5) is 5.69 Å². The molecule has 1 saturated carbocycles. The van der Waals surface area contributed by atoms with Crippen LogP contribution in [-0.4, -0.2) is 12.3 Å². The molecule has 108 valence electrons. The quantitative estimate of drug-likeness (QED) is 0.782. The van der Waals surface area contributed by atoms with Crippen LogP contribution in [0.1, 0.15) is 45.1 Å². The fourth-order valence-electron chi connectivity index (χ4n) is 3.07. The van der Waals surface area contributed by atoms with E-state index >= 15 is 0 Å². The standard InChI is InChI=1S/C17H24N2S/c1-3-20-17-9-5-8-16(15(17)11-18)19-12-14-7-4-6-13(2)10-14/h5,8-9,13-14,19H,3-4,6-7,10,12H2,1-2H3. The Balaban J connectivity index is 2.02. The van der Waals surface area contributed by atoms with Gasteiger partial charge in [0, 0.05) is 11.4 Å². The summed E-state index contributed by atoms with van der Waals surface area (Å²) in [4.78, 5) is 1.09. The predicted molar refractivity (Wildman–Crippen MR) is 87.2 cm³/mol. The van der Waals surface area contributed by atoms with E-state index in [9.17, 15) is 5.26 Å². The van der Waals surface area contributed by atoms with Crippen molar-refractivity contribution in [2.75, 3.05) is 17.6 Å². The first-order valence-corrected chi connectivity index (χ1v) is 8.63. The van der Waals surface area contributed by atoms with Crippen LogP contribution in [0.15, 0.2) is 23.1 Å². The number of rotatable bonds is 5. The molecule has 1 aliphatic rings. The second-order valence-electron chi connectivity index (χ2n) is 5.74. The summed E-state index contributed by atoms with van der Waals surface area (Å²) < 4.78 is 0. The van der Waals surface area contributed by atoms with Crippen LogP contribution < -0.4 is 5.32 Å². The normalized spacial score (nSPS) is 22.2. The lowest BCUT2D eigenvalue weighted by Gasteiger charge is -2.27. The second kappa shape index (κ2) is 7.59. The average molecular weight is 288 g/mol. The van der Waals surface area contributed by atoms with E-state index in [4.69, 9.17) is 0 Å². The van der Waals surface area contributed by atoms with Crippen LogP contribution in [0, 0.1) is 23.2 Å². The molecule has 0 saturated heterocycles. The Hall–Kier alpha value is -1.14. The lowest BCUT2D eigenvalue weighted by Crippen LogP contribution is -2.21. The maximum absolute atomic E-state index is 9.40. The summed E-state index contributed by atoms with van der Waals surface area (Å²) in [5.74, 6) is 2.61. The molecule has 2 atom stereocenters. The van der Waals surface area contributed by atoms with Crippen molar-refractivity contribution in [2.24, 2.45) is 11.8 Å². The van der Waals surface area contributed by atoms with Gasteiger partial charge in [-0.25, -0.2) is 0 Å². The molecule has 2 unspecified atom stereocenters. The Morgan fingerprint density at radius 1 is 1.40 bits per heavy atom. The molecule has 0 amide bonds. The highest BCUT2D eigenvalue weighted by Crippen LogP contribution is 2.31. The molecule has 20 heavy (non-hydrogen) atoms. The number of hydrogen-bond donors (Lipinski definition) is 1. The molecular weight excluding hydrogens is 264 g/mol. The third-order valence-electron chi connectivity index (χ3n) is 4.06. The summed E-state index contributed by atoms with van der Waals surface area (Å²) in [5.41, 5.74) is 1.81. The van der Waals surface area contributed by atoms with Crippen LogP contribution in [0.5, 0.6) is 0 Å². The molecule has 0 spiro atoms. The minimum atomic E-state index is 0.757. The largest absolute Gasteiger partial charge is 0.384 e. The summed E-state index contributed by atoms with van der Waals surface area (Å²) in [5, 5.41) is 12.9. The van der Waals surface area contributed by atoms with E-state index in [0.29, 0.717) is 0 Å². The zero-order valence-corrected chi connectivity index (χ0v) is 13.3. The van der Waals surface area contributed by atoms with E-state index in [1.807, 2.05) is 18.2 Å². The van der Waals surface area contributed by atoms with Crippen molar-refractivity contribution in [1.82, 2.24) is 0 Å². The molecule has 1 fully saturated rings. The molecule has 0 bridgehead atoms. The number of hydrogen-bond acceptors (Lipinski definition) is 3. The Bertz CT molecular complexity index is 478. The zero-order valence-electron chi connectivity index (χ0n) is 12.5. The highest BCUT2D eigenvalue weighted by Gasteiger charge is 2.19. The first-order chi connectivity index (χ1) is 9.74. The van der Waals surface area contributed by atoms with Gasteiger partial charge in [0.25, 0.3) is 0 Å². The number of benzene rings is 1. The predicted octanol–water partition coefficient (Wildman–Crippen LogP) is 4.91. The topological polar surface area (TPSA) is 35.8 Å². The number of thioether (sulfide) groups is 1. The van der Waals surface area contributed by atoms with Crippen molar-refractivity contribution < 1.29 is 0 Å². The molecule has 0 aromatic heterocycles. The SMILES string of the molecule is CCSc1cccc(NCC2CCCC(C)C2)c1C#N. The highest BCUT2D eigenvalue weighted by molar-refractivity contribution is 7.99. The van der Waals surface area contributed by atoms with Crippen LogP contribution in [-0.2, 0) is 0 Å². The third-order valence-corrected chi connectivity index (χ3v) is 5.00. The van der Waals surface area contributed by atoms with Crippen molar-refractivity contribution in [1.29, 1.82) is 5.26 Å². The lowest BCUT2D eigenvalue weighted by molar-refractivity contribution is 0.293. The van der Waals surface area contributed by atoms with Gasteiger partial charge in [-0.1, -0.05) is 32.8 Å². The number of anilines is 1. The van der Waals surface area contributed by atoms with Crippen molar-refractivity contribution >= 4 is 17.4 Å². The van der Waals surface area contributed by atoms with Gasteiger partial charge in [-0.3, -0.25) is 0 Å². The molecular formula is C17H24N2S. The van der Waals surface area contributed by atoms with Crippen LogP contribution in [0.2, 0.25) is 0 Å². The number of nitrogens with zero attached hydrogens (tertiary/aromatic N) is 1. The van der Waals surface area contributed by atoms with Gasteiger partial charge in [0.15, 0.2) is 0 Å². The molecule has 0 heterocycles.